The number of halogens is 1. The highest BCUT2D eigenvalue weighted by Gasteiger charge is 2.20. The third-order valence-electron chi connectivity index (χ3n) is 3.97. The SMILES string of the molecule is COc1cc2oc(=O)c(C(=O)NC(=O)c3ccc(C(=O)O)c(O)c3)cc2cc1Br. The Morgan fingerprint density at radius 1 is 1.07 bits per heavy atom. The van der Waals surface area contributed by atoms with E-state index in [9.17, 15) is 24.3 Å². The van der Waals surface area contributed by atoms with Crippen molar-refractivity contribution in [3.05, 3.63) is 68.0 Å². The first-order valence-electron chi connectivity index (χ1n) is 7.94. The van der Waals surface area contributed by atoms with Gasteiger partial charge < -0.3 is 19.4 Å². The number of aromatic hydroxyl groups is 1. The summed E-state index contributed by atoms with van der Waals surface area (Å²) in [6, 6.07) is 7.36. The van der Waals surface area contributed by atoms with Crippen LogP contribution in [0.2, 0.25) is 0 Å². The lowest BCUT2D eigenvalue weighted by Crippen LogP contribution is -2.33. The Labute approximate surface area is 170 Å². The molecule has 0 aliphatic carbocycles. The lowest BCUT2D eigenvalue weighted by molar-refractivity contribution is 0.0691. The van der Waals surface area contributed by atoms with Crippen LogP contribution >= 0.6 is 15.9 Å². The number of hydrogen-bond acceptors (Lipinski definition) is 7. The maximum atomic E-state index is 12.4. The van der Waals surface area contributed by atoms with Crippen molar-refractivity contribution in [2.45, 2.75) is 0 Å². The van der Waals surface area contributed by atoms with Crippen molar-refractivity contribution >= 4 is 44.7 Å². The zero-order chi connectivity index (χ0) is 21.3. The summed E-state index contributed by atoms with van der Waals surface area (Å²) in [4.78, 5) is 47.7. The minimum atomic E-state index is -1.37. The molecule has 148 valence electrons. The van der Waals surface area contributed by atoms with E-state index in [1.807, 2.05) is 5.32 Å². The number of carboxylic acids is 1. The van der Waals surface area contributed by atoms with Gasteiger partial charge in [-0.05, 0) is 46.3 Å². The summed E-state index contributed by atoms with van der Waals surface area (Å²) in [6.07, 6.45) is 0. The van der Waals surface area contributed by atoms with Crippen molar-refractivity contribution in [1.82, 2.24) is 5.32 Å². The highest BCUT2D eigenvalue weighted by molar-refractivity contribution is 9.10. The molecule has 0 aliphatic heterocycles. The van der Waals surface area contributed by atoms with Gasteiger partial charge in [0.15, 0.2) is 0 Å². The molecule has 3 rings (SSSR count). The number of aromatic carboxylic acids is 1. The van der Waals surface area contributed by atoms with E-state index in [1.54, 1.807) is 6.07 Å². The third-order valence-corrected chi connectivity index (χ3v) is 4.59. The van der Waals surface area contributed by atoms with Crippen LogP contribution in [-0.4, -0.2) is 35.1 Å². The molecule has 0 spiro atoms. The largest absolute Gasteiger partial charge is 0.507 e. The minimum Gasteiger partial charge on any atom is -0.507 e. The smallest absolute Gasteiger partial charge is 0.349 e. The Hall–Kier alpha value is -3.66. The molecule has 2 amide bonds. The lowest BCUT2D eigenvalue weighted by atomic mass is 10.1. The number of phenols is 1. The summed E-state index contributed by atoms with van der Waals surface area (Å²) >= 11 is 3.29. The van der Waals surface area contributed by atoms with Gasteiger partial charge in [0.05, 0.1) is 11.6 Å². The number of fused-ring (bicyclic) bond motifs is 1. The molecule has 0 unspecified atom stereocenters. The standard InChI is InChI=1S/C19H12BrNO8/c1-28-15-7-14-9(5-12(15)20)4-11(19(27)29-14)17(24)21-16(23)8-2-3-10(18(25)26)13(22)6-8/h2-7,22H,1H3,(H,25,26)(H,21,23,24). The van der Waals surface area contributed by atoms with Gasteiger partial charge in [0.25, 0.3) is 11.8 Å². The van der Waals surface area contributed by atoms with Gasteiger partial charge in [-0.25, -0.2) is 9.59 Å². The summed E-state index contributed by atoms with van der Waals surface area (Å²) in [6.45, 7) is 0. The second kappa shape index (κ2) is 7.76. The topological polar surface area (TPSA) is 143 Å². The summed E-state index contributed by atoms with van der Waals surface area (Å²) in [5.41, 5.74) is -1.75. The number of nitrogens with one attached hydrogen (secondary N) is 1. The first-order chi connectivity index (χ1) is 13.7. The van der Waals surface area contributed by atoms with Crippen molar-refractivity contribution in [3.8, 4) is 11.5 Å². The third kappa shape index (κ3) is 3.97. The summed E-state index contributed by atoms with van der Waals surface area (Å²) in [5.74, 6) is -3.53. The molecule has 0 atom stereocenters. The fraction of sp³-hybridized carbons (Fsp3) is 0.0526. The van der Waals surface area contributed by atoms with Gasteiger partial charge in [-0.2, -0.15) is 0 Å². The Morgan fingerprint density at radius 2 is 1.79 bits per heavy atom. The zero-order valence-corrected chi connectivity index (χ0v) is 16.3. The predicted octanol–water partition coefficient (Wildman–Crippen LogP) is 2.54. The molecular weight excluding hydrogens is 450 g/mol. The van der Waals surface area contributed by atoms with Crippen LogP contribution in [0.25, 0.3) is 11.0 Å². The molecule has 1 aromatic heterocycles. The second-order valence-electron chi connectivity index (χ2n) is 5.79. The Kier molecular flexibility index (Phi) is 5.37. The Bertz CT molecular complexity index is 1230. The maximum Gasteiger partial charge on any atom is 0.349 e. The second-order valence-corrected chi connectivity index (χ2v) is 6.65. The van der Waals surface area contributed by atoms with Gasteiger partial charge in [-0.15, -0.1) is 0 Å². The van der Waals surface area contributed by atoms with Crippen LogP contribution in [0.4, 0.5) is 0 Å². The molecule has 0 aliphatic rings. The number of methoxy groups -OCH3 is 1. The van der Waals surface area contributed by atoms with Crippen LogP contribution in [0.5, 0.6) is 11.5 Å². The van der Waals surface area contributed by atoms with E-state index in [0.29, 0.717) is 15.6 Å². The van der Waals surface area contributed by atoms with E-state index < -0.39 is 40.3 Å². The fourth-order valence-electron chi connectivity index (χ4n) is 2.53. The normalized spacial score (nSPS) is 10.6. The minimum absolute atomic E-state index is 0.168. The quantitative estimate of drug-likeness (QED) is 0.397. The molecule has 0 fully saturated rings. The molecule has 0 radical (unpaired) electrons. The van der Waals surface area contributed by atoms with E-state index in [-0.39, 0.29) is 11.1 Å². The molecule has 0 saturated heterocycles. The van der Waals surface area contributed by atoms with E-state index in [1.165, 1.54) is 19.2 Å². The molecule has 9 nitrogen and oxygen atoms in total. The van der Waals surface area contributed by atoms with Crippen molar-refractivity contribution in [1.29, 1.82) is 0 Å². The van der Waals surface area contributed by atoms with Crippen molar-refractivity contribution < 1.29 is 33.8 Å². The van der Waals surface area contributed by atoms with Gasteiger partial charge in [0.2, 0.25) is 0 Å². The molecule has 29 heavy (non-hydrogen) atoms. The molecule has 1 heterocycles. The summed E-state index contributed by atoms with van der Waals surface area (Å²) in [5, 5.41) is 21.0. The number of imide groups is 1. The molecule has 3 N–H and O–H groups in total. The number of benzene rings is 2. The van der Waals surface area contributed by atoms with Crippen LogP contribution in [-0.2, 0) is 0 Å². The van der Waals surface area contributed by atoms with E-state index >= 15 is 0 Å². The molecule has 0 bridgehead atoms. The number of carbonyl (C=O) groups excluding carboxylic acids is 2. The van der Waals surface area contributed by atoms with Crippen LogP contribution in [0.15, 0.2) is 50.1 Å². The lowest BCUT2D eigenvalue weighted by Gasteiger charge is -2.07. The van der Waals surface area contributed by atoms with E-state index in [4.69, 9.17) is 14.3 Å². The number of carboxylic acid groups (broad SMARTS) is 1. The van der Waals surface area contributed by atoms with E-state index in [2.05, 4.69) is 15.9 Å². The van der Waals surface area contributed by atoms with Crippen molar-refractivity contribution in [3.63, 3.8) is 0 Å². The van der Waals surface area contributed by atoms with Crippen molar-refractivity contribution in [2.75, 3.05) is 7.11 Å². The van der Waals surface area contributed by atoms with Gasteiger partial charge in [0.1, 0.15) is 28.2 Å². The molecule has 0 saturated carbocycles. The summed E-state index contributed by atoms with van der Waals surface area (Å²) in [7, 11) is 1.44. The fourth-order valence-corrected chi connectivity index (χ4v) is 3.05. The highest BCUT2D eigenvalue weighted by atomic mass is 79.9. The van der Waals surface area contributed by atoms with Gasteiger partial charge in [-0.3, -0.25) is 14.9 Å². The number of ether oxygens (including phenoxy) is 1. The molecular formula is C19H12BrNO8. The van der Waals surface area contributed by atoms with Crippen LogP contribution in [0, 0.1) is 0 Å². The van der Waals surface area contributed by atoms with Crippen LogP contribution in [0.1, 0.15) is 31.1 Å². The van der Waals surface area contributed by atoms with Gasteiger partial charge >= 0.3 is 11.6 Å². The highest BCUT2D eigenvalue weighted by Crippen LogP contribution is 2.30. The van der Waals surface area contributed by atoms with Gasteiger partial charge in [-0.1, -0.05) is 0 Å². The van der Waals surface area contributed by atoms with Crippen LogP contribution in [0.3, 0.4) is 0 Å². The molecule has 10 heteroatoms. The van der Waals surface area contributed by atoms with Gasteiger partial charge in [0, 0.05) is 17.0 Å². The average Bonchev–Trinajstić information content (AvgIpc) is 2.66. The number of carbonyl (C=O) groups is 3. The number of rotatable bonds is 4. The zero-order valence-electron chi connectivity index (χ0n) is 14.7. The summed E-state index contributed by atoms with van der Waals surface area (Å²) < 4.78 is 10.8. The molecule has 2 aromatic carbocycles. The Balaban J connectivity index is 1.90. The predicted molar refractivity (Wildman–Crippen MR) is 104 cm³/mol. The first kappa shape index (κ1) is 20.1. The average molecular weight is 462 g/mol. The number of hydrogen-bond donors (Lipinski definition) is 3. The monoisotopic (exact) mass is 461 g/mol. The van der Waals surface area contributed by atoms with E-state index in [0.717, 1.165) is 18.2 Å². The first-order valence-corrected chi connectivity index (χ1v) is 8.74. The van der Waals surface area contributed by atoms with Crippen molar-refractivity contribution in [2.24, 2.45) is 0 Å². The number of amides is 2. The Morgan fingerprint density at radius 3 is 2.41 bits per heavy atom. The van der Waals surface area contributed by atoms with Crippen LogP contribution < -0.4 is 15.7 Å². The maximum absolute atomic E-state index is 12.4. The molecule has 3 aromatic rings.